The molecule has 1 N–H and O–H groups in total. The van der Waals surface area contributed by atoms with Gasteiger partial charge in [-0.2, -0.15) is 0 Å². The zero-order chi connectivity index (χ0) is 13.2. The van der Waals surface area contributed by atoms with Gasteiger partial charge in [0.15, 0.2) is 0 Å². The highest BCUT2D eigenvalue weighted by Crippen LogP contribution is 2.22. The van der Waals surface area contributed by atoms with Crippen molar-refractivity contribution in [3.8, 4) is 0 Å². The van der Waals surface area contributed by atoms with Gasteiger partial charge in [0.2, 0.25) is 0 Å². The molecule has 3 rings (SSSR count). The Hall–Kier alpha value is -2.49. The average molecular weight is 256 g/mol. The molecule has 0 radical (unpaired) electrons. The molecule has 2 aromatic carbocycles. The molecule has 0 aliphatic carbocycles. The van der Waals surface area contributed by atoms with Gasteiger partial charge in [-0.15, -0.1) is 0 Å². The van der Waals surface area contributed by atoms with E-state index in [4.69, 9.17) is 0 Å². The summed E-state index contributed by atoms with van der Waals surface area (Å²) in [5.41, 5.74) is 1.75. The molecule has 4 heteroatoms. The Morgan fingerprint density at radius 2 is 1.79 bits per heavy atom. The Balaban J connectivity index is 1.96. The van der Waals surface area contributed by atoms with E-state index in [2.05, 4.69) is 10.3 Å². The molecule has 2 nitrogen and oxygen atoms in total. The summed E-state index contributed by atoms with van der Waals surface area (Å²) in [6.45, 7) is 0. The number of nitrogens with one attached hydrogen (secondary N) is 1. The summed E-state index contributed by atoms with van der Waals surface area (Å²) >= 11 is 0. The standard InChI is InChI=1S/C15H10F2N2/c16-11-5-6-15(13(17)8-11)19-12-7-10-3-1-2-4-14(10)18-9-12/h1-9,19H. The molecule has 19 heavy (non-hydrogen) atoms. The summed E-state index contributed by atoms with van der Waals surface area (Å²) in [6, 6.07) is 12.9. The summed E-state index contributed by atoms with van der Waals surface area (Å²) < 4.78 is 26.3. The van der Waals surface area contributed by atoms with E-state index in [1.807, 2.05) is 30.3 Å². The van der Waals surface area contributed by atoms with E-state index in [1.165, 1.54) is 12.1 Å². The van der Waals surface area contributed by atoms with Gasteiger partial charge in [-0.3, -0.25) is 4.98 Å². The fraction of sp³-hybridized carbons (Fsp3) is 0. The monoisotopic (exact) mass is 256 g/mol. The van der Waals surface area contributed by atoms with Crippen LogP contribution in [0.25, 0.3) is 10.9 Å². The Morgan fingerprint density at radius 3 is 2.63 bits per heavy atom. The lowest BCUT2D eigenvalue weighted by molar-refractivity contribution is 0.586. The van der Waals surface area contributed by atoms with Crippen LogP contribution in [0.5, 0.6) is 0 Å². The quantitative estimate of drug-likeness (QED) is 0.741. The molecule has 0 saturated carbocycles. The molecule has 3 aromatic rings. The van der Waals surface area contributed by atoms with Gasteiger partial charge >= 0.3 is 0 Å². The van der Waals surface area contributed by atoms with E-state index in [1.54, 1.807) is 6.20 Å². The van der Waals surface area contributed by atoms with Crippen LogP contribution in [0.3, 0.4) is 0 Å². The lowest BCUT2D eigenvalue weighted by Gasteiger charge is -2.08. The molecule has 0 saturated heterocycles. The number of benzene rings is 2. The number of halogens is 2. The molecule has 0 atom stereocenters. The highest BCUT2D eigenvalue weighted by Gasteiger charge is 2.04. The maximum absolute atomic E-state index is 13.5. The number of anilines is 2. The Morgan fingerprint density at radius 1 is 0.947 bits per heavy atom. The number of rotatable bonds is 2. The third-order valence-corrected chi connectivity index (χ3v) is 2.80. The summed E-state index contributed by atoms with van der Waals surface area (Å²) in [7, 11) is 0. The largest absolute Gasteiger partial charge is 0.352 e. The van der Waals surface area contributed by atoms with Crippen LogP contribution in [0.15, 0.2) is 54.7 Å². The molecule has 0 amide bonds. The predicted molar refractivity (Wildman–Crippen MR) is 71.4 cm³/mol. The van der Waals surface area contributed by atoms with Crippen LogP contribution in [0, 0.1) is 11.6 Å². The average Bonchev–Trinajstić information content (AvgIpc) is 2.42. The van der Waals surface area contributed by atoms with E-state index in [-0.39, 0.29) is 5.69 Å². The summed E-state index contributed by atoms with van der Waals surface area (Å²) in [5.74, 6) is -1.23. The van der Waals surface area contributed by atoms with E-state index >= 15 is 0 Å². The normalized spacial score (nSPS) is 10.6. The van der Waals surface area contributed by atoms with Gasteiger partial charge in [0.1, 0.15) is 11.6 Å². The lowest BCUT2D eigenvalue weighted by atomic mass is 10.2. The Bertz CT molecular complexity index is 741. The molecule has 0 aliphatic rings. The third kappa shape index (κ3) is 2.38. The van der Waals surface area contributed by atoms with Gasteiger partial charge in [0.05, 0.1) is 23.1 Å². The van der Waals surface area contributed by atoms with Gasteiger partial charge in [-0.05, 0) is 24.3 Å². The van der Waals surface area contributed by atoms with Gasteiger partial charge in [-0.25, -0.2) is 8.78 Å². The van der Waals surface area contributed by atoms with Gasteiger partial charge < -0.3 is 5.32 Å². The first kappa shape index (κ1) is 11.6. The molecule has 0 bridgehead atoms. The van der Waals surface area contributed by atoms with Crippen LogP contribution in [0.1, 0.15) is 0 Å². The number of hydrogen-bond acceptors (Lipinski definition) is 2. The highest BCUT2D eigenvalue weighted by molar-refractivity contribution is 5.82. The van der Waals surface area contributed by atoms with Gasteiger partial charge in [0.25, 0.3) is 0 Å². The maximum Gasteiger partial charge on any atom is 0.149 e. The molecule has 0 unspecified atom stereocenters. The molecular formula is C15H10F2N2. The Labute approximate surface area is 108 Å². The fourth-order valence-corrected chi connectivity index (χ4v) is 1.89. The van der Waals surface area contributed by atoms with Crippen molar-refractivity contribution in [2.75, 3.05) is 5.32 Å². The smallest absolute Gasteiger partial charge is 0.149 e. The fourth-order valence-electron chi connectivity index (χ4n) is 1.89. The minimum Gasteiger partial charge on any atom is -0.352 e. The molecular weight excluding hydrogens is 246 g/mol. The number of pyridine rings is 1. The van der Waals surface area contributed by atoms with Crippen molar-refractivity contribution >= 4 is 22.3 Å². The first-order valence-electron chi connectivity index (χ1n) is 5.79. The summed E-state index contributed by atoms with van der Waals surface area (Å²) in [5, 5.41) is 3.84. The van der Waals surface area contributed by atoms with Crippen LogP contribution in [0.4, 0.5) is 20.2 Å². The van der Waals surface area contributed by atoms with Gasteiger partial charge in [0, 0.05) is 11.5 Å². The van der Waals surface area contributed by atoms with Crippen LogP contribution >= 0.6 is 0 Å². The number of hydrogen-bond donors (Lipinski definition) is 1. The number of aromatic nitrogens is 1. The topological polar surface area (TPSA) is 24.9 Å². The van der Waals surface area contributed by atoms with Crippen molar-refractivity contribution in [1.29, 1.82) is 0 Å². The number of fused-ring (bicyclic) bond motifs is 1. The maximum atomic E-state index is 13.5. The van der Waals surface area contributed by atoms with E-state index < -0.39 is 11.6 Å². The molecule has 0 fully saturated rings. The first-order chi connectivity index (χ1) is 9.22. The van der Waals surface area contributed by atoms with Crippen molar-refractivity contribution in [1.82, 2.24) is 4.98 Å². The second-order valence-corrected chi connectivity index (χ2v) is 4.17. The summed E-state index contributed by atoms with van der Waals surface area (Å²) in [6.07, 6.45) is 1.62. The van der Waals surface area contributed by atoms with Crippen molar-refractivity contribution in [3.05, 3.63) is 66.4 Å². The molecule has 0 aliphatic heterocycles. The van der Waals surface area contributed by atoms with Crippen molar-refractivity contribution in [2.24, 2.45) is 0 Å². The van der Waals surface area contributed by atoms with Crippen LogP contribution in [-0.2, 0) is 0 Å². The SMILES string of the molecule is Fc1ccc(Nc2cnc3ccccc3c2)c(F)c1. The lowest BCUT2D eigenvalue weighted by Crippen LogP contribution is -1.95. The number of nitrogens with zero attached hydrogens (tertiary/aromatic N) is 1. The minimum absolute atomic E-state index is 0.221. The molecule has 94 valence electrons. The van der Waals surface area contributed by atoms with E-state index in [9.17, 15) is 8.78 Å². The third-order valence-electron chi connectivity index (χ3n) is 2.80. The molecule has 1 heterocycles. The van der Waals surface area contributed by atoms with Gasteiger partial charge in [-0.1, -0.05) is 18.2 Å². The van der Waals surface area contributed by atoms with Crippen LogP contribution in [-0.4, -0.2) is 4.98 Å². The van der Waals surface area contributed by atoms with E-state index in [0.29, 0.717) is 5.69 Å². The van der Waals surface area contributed by atoms with Crippen molar-refractivity contribution in [2.45, 2.75) is 0 Å². The second kappa shape index (κ2) is 4.65. The second-order valence-electron chi connectivity index (χ2n) is 4.17. The van der Waals surface area contributed by atoms with Crippen molar-refractivity contribution in [3.63, 3.8) is 0 Å². The Kier molecular flexibility index (Phi) is 2.83. The predicted octanol–water partition coefficient (Wildman–Crippen LogP) is 4.26. The van der Waals surface area contributed by atoms with Crippen molar-refractivity contribution < 1.29 is 8.78 Å². The van der Waals surface area contributed by atoms with Crippen LogP contribution < -0.4 is 5.32 Å². The van der Waals surface area contributed by atoms with Crippen LogP contribution in [0.2, 0.25) is 0 Å². The number of para-hydroxylation sites is 1. The summed E-state index contributed by atoms with van der Waals surface area (Å²) in [4.78, 5) is 4.27. The molecule has 0 spiro atoms. The zero-order valence-corrected chi connectivity index (χ0v) is 9.90. The molecule has 1 aromatic heterocycles. The first-order valence-corrected chi connectivity index (χ1v) is 5.79. The van der Waals surface area contributed by atoms with E-state index in [0.717, 1.165) is 17.0 Å². The zero-order valence-electron chi connectivity index (χ0n) is 9.90. The minimum atomic E-state index is -0.631. The highest BCUT2D eigenvalue weighted by atomic mass is 19.1.